The highest BCUT2D eigenvalue weighted by molar-refractivity contribution is 5.92. The Kier molecular flexibility index (Phi) is 5.35. The number of carbonyl (C=O) groups is 2. The van der Waals surface area contributed by atoms with Crippen LogP contribution >= 0.6 is 0 Å². The number of benzene rings is 1. The van der Waals surface area contributed by atoms with Gasteiger partial charge in [0.25, 0.3) is 0 Å². The number of ether oxygens (including phenoxy) is 1. The number of urea groups is 1. The number of hydrogen-bond donors (Lipinski definition) is 2. The van der Waals surface area contributed by atoms with E-state index in [1.807, 2.05) is 6.07 Å². The predicted molar refractivity (Wildman–Crippen MR) is 71.6 cm³/mol. The average molecular weight is 277 g/mol. The van der Waals surface area contributed by atoms with Crippen LogP contribution in [0, 0.1) is 11.3 Å². The molecular weight excluding hydrogens is 262 g/mol. The Morgan fingerprint density at radius 2 is 2.20 bits per heavy atom. The van der Waals surface area contributed by atoms with Crippen molar-refractivity contribution in [3.8, 4) is 11.8 Å². The summed E-state index contributed by atoms with van der Waals surface area (Å²) in [5.74, 6) is -0.752. The molecule has 0 heterocycles. The largest absolute Gasteiger partial charge is 0.495 e. The molecule has 106 valence electrons. The lowest BCUT2D eigenvalue weighted by molar-refractivity contribution is -0.137. The molecule has 2 amide bonds. The van der Waals surface area contributed by atoms with Crippen molar-refractivity contribution in [2.45, 2.75) is 6.92 Å². The molecule has 7 heteroatoms. The molecule has 0 saturated heterocycles. The van der Waals surface area contributed by atoms with Gasteiger partial charge in [-0.05, 0) is 19.1 Å². The SMILES string of the molecule is CCN(CC(=O)O)C(=O)Nc1ccc(C#N)cc1OC. The van der Waals surface area contributed by atoms with E-state index < -0.39 is 12.0 Å². The van der Waals surface area contributed by atoms with E-state index in [2.05, 4.69) is 5.32 Å². The Bertz CT molecular complexity index is 551. The molecule has 0 aliphatic rings. The highest BCUT2D eigenvalue weighted by atomic mass is 16.5. The molecule has 2 N–H and O–H groups in total. The maximum Gasteiger partial charge on any atom is 0.323 e. The van der Waals surface area contributed by atoms with Gasteiger partial charge >= 0.3 is 12.0 Å². The van der Waals surface area contributed by atoms with E-state index in [1.54, 1.807) is 6.92 Å². The summed E-state index contributed by atoms with van der Waals surface area (Å²) in [7, 11) is 1.42. The summed E-state index contributed by atoms with van der Waals surface area (Å²) in [6.07, 6.45) is 0. The van der Waals surface area contributed by atoms with Gasteiger partial charge in [-0.15, -0.1) is 0 Å². The minimum atomic E-state index is -1.09. The fraction of sp³-hybridized carbons (Fsp3) is 0.308. The zero-order valence-corrected chi connectivity index (χ0v) is 11.2. The summed E-state index contributed by atoms with van der Waals surface area (Å²) in [6.45, 7) is 1.55. The second kappa shape index (κ2) is 6.99. The molecular formula is C13H15N3O4. The molecule has 20 heavy (non-hydrogen) atoms. The second-order valence-corrected chi connectivity index (χ2v) is 3.86. The molecule has 0 atom stereocenters. The van der Waals surface area contributed by atoms with E-state index >= 15 is 0 Å². The third-order valence-electron chi connectivity index (χ3n) is 2.57. The number of aliphatic carboxylic acids is 1. The van der Waals surface area contributed by atoms with Crippen LogP contribution in [0.25, 0.3) is 0 Å². The molecule has 1 aromatic carbocycles. The van der Waals surface area contributed by atoms with Crippen molar-refractivity contribution >= 4 is 17.7 Å². The Balaban J connectivity index is 2.89. The summed E-state index contributed by atoms with van der Waals surface area (Å²) < 4.78 is 5.08. The van der Waals surface area contributed by atoms with Crippen LogP contribution in [0.15, 0.2) is 18.2 Å². The molecule has 0 unspecified atom stereocenters. The lowest BCUT2D eigenvalue weighted by Crippen LogP contribution is -2.38. The molecule has 0 fully saturated rings. The van der Waals surface area contributed by atoms with Gasteiger partial charge in [0.05, 0.1) is 24.4 Å². The molecule has 0 aliphatic carbocycles. The first kappa shape index (κ1) is 15.3. The van der Waals surface area contributed by atoms with Crippen molar-refractivity contribution in [2.24, 2.45) is 0 Å². The Labute approximate surface area is 116 Å². The van der Waals surface area contributed by atoms with E-state index in [0.29, 0.717) is 17.0 Å². The molecule has 0 spiro atoms. The molecule has 1 rings (SSSR count). The molecule has 1 aromatic rings. The van der Waals surface area contributed by atoms with Crippen molar-refractivity contribution < 1.29 is 19.4 Å². The summed E-state index contributed by atoms with van der Waals surface area (Å²) in [6, 6.07) is 5.97. The number of nitriles is 1. The van der Waals surface area contributed by atoms with Crippen molar-refractivity contribution in [3.63, 3.8) is 0 Å². The van der Waals surface area contributed by atoms with Crippen LogP contribution in [0.3, 0.4) is 0 Å². The minimum Gasteiger partial charge on any atom is -0.495 e. The number of rotatable bonds is 5. The summed E-state index contributed by atoms with van der Waals surface area (Å²) >= 11 is 0. The lowest BCUT2D eigenvalue weighted by atomic mass is 10.2. The number of carbonyl (C=O) groups excluding carboxylic acids is 1. The van der Waals surface area contributed by atoms with Gasteiger partial charge in [0.15, 0.2) is 0 Å². The number of nitrogens with zero attached hydrogens (tertiary/aromatic N) is 2. The zero-order chi connectivity index (χ0) is 15.1. The normalized spacial score (nSPS) is 9.45. The van der Waals surface area contributed by atoms with Gasteiger partial charge in [0.1, 0.15) is 12.3 Å². The molecule has 0 radical (unpaired) electrons. The third-order valence-corrected chi connectivity index (χ3v) is 2.57. The first-order chi connectivity index (χ1) is 9.51. The van der Waals surface area contributed by atoms with Gasteiger partial charge in [0, 0.05) is 12.6 Å². The topological polar surface area (TPSA) is 103 Å². The van der Waals surface area contributed by atoms with E-state index in [0.717, 1.165) is 4.90 Å². The van der Waals surface area contributed by atoms with Crippen LogP contribution in [0.4, 0.5) is 10.5 Å². The molecule has 0 aliphatic heterocycles. The molecule has 0 aromatic heterocycles. The van der Waals surface area contributed by atoms with Crippen LogP contribution in [0.2, 0.25) is 0 Å². The van der Waals surface area contributed by atoms with Crippen LogP contribution in [-0.4, -0.2) is 42.2 Å². The monoisotopic (exact) mass is 277 g/mol. The van der Waals surface area contributed by atoms with Crippen molar-refractivity contribution in [1.29, 1.82) is 5.26 Å². The predicted octanol–water partition coefficient (Wildman–Crippen LogP) is 1.51. The Morgan fingerprint density at radius 3 is 2.70 bits per heavy atom. The average Bonchev–Trinajstić information content (AvgIpc) is 2.44. The fourth-order valence-corrected chi connectivity index (χ4v) is 1.55. The van der Waals surface area contributed by atoms with Crippen LogP contribution in [-0.2, 0) is 4.79 Å². The molecule has 7 nitrogen and oxygen atoms in total. The van der Waals surface area contributed by atoms with Crippen LogP contribution in [0.1, 0.15) is 12.5 Å². The zero-order valence-electron chi connectivity index (χ0n) is 11.2. The maximum absolute atomic E-state index is 11.9. The number of methoxy groups -OCH3 is 1. The quantitative estimate of drug-likeness (QED) is 0.849. The van der Waals surface area contributed by atoms with Crippen molar-refractivity contribution in [1.82, 2.24) is 4.90 Å². The van der Waals surface area contributed by atoms with Crippen LogP contribution < -0.4 is 10.1 Å². The van der Waals surface area contributed by atoms with Crippen LogP contribution in [0.5, 0.6) is 5.75 Å². The number of nitrogens with one attached hydrogen (secondary N) is 1. The highest BCUT2D eigenvalue weighted by Crippen LogP contribution is 2.25. The highest BCUT2D eigenvalue weighted by Gasteiger charge is 2.16. The summed E-state index contributed by atoms with van der Waals surface area (Å²) in [4.78, 5) is 23.7. The fourth-order valence-electron chi connectivity index (χ4n) is 1.55. The number of carboxylic acids is 1. The maximum atomic E-state index is 11.9. The van der Waals surface area contributed by atoms with Gasteiger partial charge < -0.3 is 20.1 Å². The number of likely N-dealkylation sites (N-methyl/N-ethyl adjacent to an activating group) is 1. The van der Waals surface area contributed by atoms with Gasteiger partial charge in [-0.3, -0.25) is 4.79 Å². The summed E-state index contributed by atoms with van der Waals surface area (Å²) in [5.41, 5.74) is 0.776. The minimum absolute atomic E-state index is 0.261. The lowest BCUT2D eigenvalue weighted by Gasteiger charge is -2.20. The number of amides is 2. The summed E-state index contributed by atoms with van der Waals surface area (Å²) in [5, 5.41) is 20.1. The van der Waals surface area contributed by atoms with E-state index in [4.69, 9.17) is 15.1 Å². The first-order valence-electron chi connectivity index (χ1n) is 5.87. The van der Waals surface area contributed by atoms with E-state index in [-0.39, 0.29) is 13.1 Å². The van der Waals surface area contributed by atoms with Crippen molar-refractivity contribution in [3.05, 3.63) is 23.8 Å². The molecule has 0 saturated carbocycles. The van der Waals surface area contributed by atoms with Gasteiger partial charge in [-0.2, -0.15) is 5.26 Å². The standard InChI is InChI=1S/C13H15N3O4/c1-3-16(8-12(17)18)13(19)15-10-5-4-9(7-14)6-11(10)20-2/h4-6H,3,8H2,1-2H3,(H,15,19)(H,17,18). The smallest absolute Gasteiger partial charge is 0.323 e. The second-order valence-electron chi connectivity index (χ2n) is 3.86. The van der Waals surface area contributed by atoms with E-state index in [1.165, 1.54) is 25.3 Å². The number of carboxylic acid groups (broad SMARTS) is 1. The van der Waals surface area contributed by atoms with Gasteiger partial charge in [-0.25, -0.2) is 4.79 Å². The van der Waals surface area contributed by atoms with Gasteiger partial charge in [0.2, 0.25) is 0 Å². The third kappa shape index (κ3) is 3.88. The number of anilines is 1. The van der Waals surface area contributed by atoms with Gasteiger partial charge in [-0.1, -0.05) is 0 Å². The van der Waals surface area contributed by atoms with Crippen molar-refractivity contribution in [2.75, 3.05) is 25.5 Å². The number of hydrogen-bond acceptors (Lipinski definition) is 4. The van der Waals surface area contributed by atoms with E-state index in [9.17, 15) is 9.59 Å². The first-order valence-corrected chi connectivity index (χ1v) is 5.87. The Morgan fingerprint density at radius 1 is 1.50 bits per heavy atom. The Hall–Kier alpha value is -2.75. The molecule has 0 bridgehead atoms.